The van der Waals surface area contributed by atoms with E-state index in [0.29, 0.717) is 24.5 Å². The summed E-state index contributed by atoms with van der Waals surface area (Å²) in [6.07, 6.45) is 4.00. The maximum atomic E-state index is 12.1. The van der Waals surface area contributed by atoms with E-state index in [1.807, 2.05) is 30.3 Å². The van der Waals surface area contributed by atoms with Crippen LogP contribution < -0.4 is 5.32 Å². The summed E-state index contributed by atoms with van der Waals surface area (Å²) in [6, 6.07) is 11.2. The number of benzene rings is 1. The van der Waals surface area contributed by atoms with Crippen molar-refractivity contribution in [2.24, 2.45) is 0 Å². The first-order valence-electron chi connectivity index (χ1n) is 7.70. The molecule has 0 aliphatic rings. The van der Waals surface area contributed by atoms with Crippen LogP contribution in [0.4, 0.5) is 0 Å². The van der Waals surface area contributed by atoms with Gasteiger partial charge in [-0.25, -0.2) is 0 Å². The molecule has 0 saturated carbocycles. The highest BCUT2D eigenvalue weighted by Gasteiger charge is 2.13. The first kappa shape index (κ1) is 17.9. The topological polar surface area (TPSA) is 62.3 Å². The number of nitrogens with zero attached hydrogens (tertiary/aromatic N) is 2. The van der Waals surface area contributed by atoms with Crippen LogP contribution in [-0.4, -0.2) is 34.8 Å². The maximum Gasteiger partial charge on any atom is 0.239 e. The molecule has 2 amide bonds. The van der Waals surface area contributed by atoms with Gasteiger partial charge in [0, 0.05) is 37.4 Å². The first-order chi connectivity index (χ1) is 11.5. The zero-order valence-corrected chi connectivity index (χ0v) is 14.3. The third-order valence-electron chi connectivity index (χ3n) is 3.58. The normalized spacial score (nSPS) is 10.2. The van der Waals surface area contributed by atoms with E-state index in [9.17, 15) is 9.59 Å². The molecule has 0 unspecified atom stereocenters. The highest BCUT2D eigenvalue weighted by Crippen LogP contribution is 2.11. The molecule has 0 saturated heterocycles. The minimum atomic E-state index is -0.187. The minimum absolute atomic E-state index is 0.0426. The summed E-state index contributed by atoms with van der Waals surface area (Å²) in [4.78, 5) is 29.3. The number of aromatic nitrogens is 1. The van der Waals surface area contributed by atoms with Crippen LogP contribution in [0.25, 0.3) is 0 Å². The molecule has 1 aromatic carbocycles. The molecule has 0 aliphatic carbocycles. The number of hydrogen-bond acceptors (Lipinski definition) is 3. The summed E-state index contributed by atoms with van der Waals surface area (Å²) < 4.78 is 0. The molecule has 0 atom stereocenters. The van der Waals surface area contributed by atoms with Crippen LogP contribution in [0.15, 0.2) is 48.8 Å². The van der Waals surface area contributed by atoms with Gasteiger partial charge in [0.25, 0.3) is 0 Å². The number of rotatable bonds is 7. The quantitative estimate of drug-likeness (QED) is 0.838. The van der Waals surface area contributed by atoms with E-state index in [1.54, 1.807) is 18.5 Å². The van der Waals surface area contributed by atoms with E-state index >= 15 is 0 Å². The molecule has 1 aromatic heterocycles. The van der Waals surface area contributed by atoms with Gasteiger partial charge in [0.15, 0.2) is 0 Å². The number of amides is 2. The fourth-order valence-electron chi connectivity index (χ4n) is 2.23. The fourth-order valence-corrected chi connectivity index (χ4v) is 2.45. The summed E-state index contributed by atoms with van der Waals surface area (Å²) in [5, 5.41) is 3.47. The highest BCUT2D eigenvalue weighted by atomic mass is 35.5. The molecule has 0 spiro atoms. The van der Waals surface area contributed by atoms with Crippen LogP contribution in [0.3, 0.4) is 0 Å². The Morgan fingerprint density at radius 1 is 1.17 bits per heavy atom. The lowest BCUT2D eigenvalue weighted by atomic mass is 10.1. The molecule has 1 N–H and O–H groups in total. The van der Waals surface area contributed by atoms with Crippen LogP contribution in [0.2, 0.25) is 5.02 Å². The summed E-state index contributed by atoms with van der Waals surface area (Å²) in [5.74, 6) is -0.316. The third-order valence-corrected chi connectivity index (χ3v) is 3.81. The van der Waals surface area contributed by atoms with Gasteiger partial charge in [-0.1, -0.05) is 23.7 Å². The van der Waals surface area contributed by atoms with E-state index in [0.717, 1.165) is 11.1 Å². The predicted molar refractivity (Wildman–Crippen MR) is 93.5 cm³/mol. The van der Waals surface area contributed by atoms with Crippen LogP contribution in [-0.2, 0) is 22.6 Å². The molecule has 5 nitrogen and oxygen atoms in total. The predicted octanol–water partition coefficient (Wildman–Crippen LogP) is 2.44. The number of pyridine rings is 1. The van der Waals surface area contributed by atoms with Gasteiger partial charge in [-0.2, -0.15) is 0 Å². The van der Waals surface area contributed by atoms with Crippen LogP contribution in [0.5, 0.6) is 0 Å². The van der Waals surface area contributed by atoms with E-state index < -0.39 is 0 Å². The van der Waals surface area contributed by atoms with Crippen LogP contribution >= 0.6 is 11.6 Å². The van der Waals surface area contributed by atoms with Crippen molar-refractivity contribution in [3.05, 3.63) is 64.9 Å². The molecular formula is C18H20ClN3O2. The molecule has 0 aliphatic heterocycles. The van der Waals surface area contributed by atoms with Gasteiger partial charge in [0.1, 0.15) is 0 Å². The second-order valence-electron chi connectivity index (χ2n) is 5.45. The van der Waals surface area contributed by atoms with Gasteiger partial charge >= 0.3 is 0 Å². The lowest BCUT2D eigenvalue weighted by molar-refractivity contribution is -0.134. The average molecular weight is 346 g/mol. The number of carbonyl (C=O) groups excluding carboxylic acids is 2. The molecule has 2 aromatic rings. The van der Waals surface area contributed by atoms with E-state index in [4.69, 9.17) is 11.6 Å². The zero-order valence-electron chi connectivity index (χ0n) is 13.5. The number of hydrogen-bond donors (Lipinski definition) is 1. The smallest absolute Gasteiger partial charge is 0.239 e. The molecule has 0 radical (unpaired) electrons. The van der Waals surface area contributed by atoms with E-state index in [-0.39, 0.29) is 18.4 Å². The summed E-state index contributed by atoms with van der Waals surface area (Å²) in [7, 11) is 0. The fraction of sp³-hybridized carbons (Fsp3) is 0.278. The summed E-state index contributed by atoms with van der Waals surface area (Å²) >= 11 is 5.96. The van der Waals surface area contributed by atoms with Crippen molar-refractivity contribution < 1.29 is 9.59 Å². The van der Waals surface area contributed by atoms with Gasteiger partial charge in [-0.3, -0.25) is 14.6 Å². The van der Waals surface area contributed by atoms with Crippen molar-refractivity contribution >= 4 is 23.4 Å². The Morgan fingerprint density at radius 3 is 2.58 bits per heavy atom. The monoisotopic (exact) mass is 345 g/mol. The Labute approximate surface area is 146 Å². The highest BCUT2D eigenvalue weighted by molar-refractivity contribution is 6.30. The van der Waals surface area contributed by atoms with E-state index in [2.05, 4.69) is 10.3 Å². The molecule has 0 bridgehead atoms. The second kappa shape index (κ2) is 9.03. The molecular weight excluding hydrogens is 326 g/mol. The Morgan fingerprint density at radius 2 is 1.92 bits per heavy atom. The third kappa shape index (κ3) is 6.01. The molecule has 1 heterocycles. The Hall–Kier alpha value is -2.40. The number of nitrogens with one attached hydrogen (secondary N) is 1. The Kier molecular flexibility index (Phi) is 6.75. The number of carbonyl (C=O) groups is 2. The molecule has 24 heavy (non-hydrogen) atoms. The molecule has 126 valence electrons. The molecule has 2 rings (SSSR count). The second-order valence-corrected chi connectivity index (χ2v) is 5.89. The van der Waals surface area contributed by atoms with Crippen molar-refractivity contribution in [1.29, 1.82) is 0 Å². The van der Waals surface area contributed by atoms with Crippen molar-refractivity contribution in [2.45, 2.75) is 19.9 Å². The lowest BCUT2D eigenvalue weighted by Crippen LogP contribution is -2.40. The largest absolute Gasteiger partial charge is 0.350 e. The SMILES string of the molecule is CC(=O)N(CCc1cccc(Cl)c1)CC(=O)NCc1ccncc1. The first-order valence-corrected chi connectivity index (χ1v) is 8.08. The van der Waals surface area contributed by atoms with Gasteiger partial charge < -0.3 is 10.2 Å². The van der Waals surface area contributed by atoms with Gasteiger partial charge in [-0.15, -0.1) is 0 Å². The summed E-state index contributed by atoms with van der Waals surface area (Å²) in [5.41, 5.74) is 2.00. The average Bonchev–Trinajstić information content (AvgIpc) is 2.57. The zero-order chi connectivity index (χ0) is 17.4. The van der Waals surface area contributed by atoms with E-state index in [1.165, 1.54) is 11.8 Å². The maximum absolute atomic E-state index is 12.1. The van der Waals surface area contributed by atoms with Crippen molar-refractivity contribution in [1.82, 2.24) is 15.2 Å². The van der Waals surface area contributed by atoms with Crippen molar-refractivity contribution in [3.8, 4) is 0 Å². The van der Waals surface area contributed by atoms with Crippen LogP contribution in [0, 0.1) is 0 Å². The Balaban J connectivity index is 1.84. The van der Waals surface area contributed by atoms with Gasteiger partial charge in [-0.05, 0) is 41.8 Å². The molecule has 0 fully saturated rings. The Bertz CT molecular complexity index is 692. The van der Waals surface area contributed by atoms with Crippen LogP contribution in [0.1, 0.15) is 18.1 Å². The minimum Gasteiger partial charge on any atom is -0.350 e. The molecule has 6 heteroatoms. The number of halogens is 1. The van der Waals surface area contributed by atoms with Crippen molar-refractivity contribution in [2.75, 3.05) is 13.1 Å². The lowest BCUT2D eigenvalue weighted by Gasteiger charge is -2.20. The standard InChI is InChI=1S/C18H20ClN3O2/c1-14(23)22(10-7-15-3-2-4-17(19)11-15)13-18(24)21-12-16-5-8-20-9-6-16/h2-6,8-9,11H,7,10,12-13H2,1H3,(H,21,24). The summed E-state index contributed by atoms with van der Waals surface area (Å²) in [6.45, 7) is 2.40. The van der Waals surface area contributed by atoms with Gasteiger partial charge in [0.05, 0.1) is 6.54 Å². The van der Waals surface area contributed by atoms with Crippen molar-refractivity contribution in [3.63, 3.8) is 0 Å². The van der Waals surface area contributed by atoms with Gasteiger partial charge in [0.2, 0.25) is 11.8 Å².